The van der Waals surface area contributed by atoms with Crippen LogP contribution in [0.2, 0.25) is 0 Å². The zero-order valence-corrected chi connectivity index (χ0v) is 10.7. The Kier molecular flexibility index (Phi) is 3.43. The summed E-state index contributed by atoms with van der Waals surface area (Å²) in [5.41, 5.74) is 5.73. The van der Waals surface area contributed by atoms with Gasteiger partial charge >= 0.3 is 0 Å². The van der Waals surface area contributed by atoms with Gasteiger partial charge in [-0.25, -0.2) is 8.78 Å². The van der Waals surface area contributed by atoms with E-state index in [1.54, 1.807) is 0 Å². The Morgan fingerprint density at radius 1 is 1.11 bits per heavy atom. The molecule has 2 aromatic rings. The maximum Gasteiger partial charge on any atom is 0.194 e. The van der Waals surface area contributed by atoms with Gasteiger partial charge in [0.15, 0.2) is 5.78 Å². The van der Waals surface area contributed by atoms with Gasteiger partial charge < -0.3 is 5.73 Å². The number of anilines is 1. The molecule has 0 heterocycles. The molecule has 2 nitrogen and oxygen atoms in total. The summed E-state index contributed by atoms with van der Waals surface area (Å²) in [6, 6.07) is 7.51. The summed E-state index contributed by atoms with van der Waals surface area (Å²) in [5, 5.41) is 0. The summed E-state index contributed by atoms with van der Waals surface area (Å²) < 4.78 is 26.5. The number of halogens is 3. The maximum absolute atomic E-state index is 13.3. The van der Waals surface area contributed by atoms with Crippen LogP contribution in [0.3, 0.4) is 0 Å². The van der Waals surface area contributed by atoms with E-state index in [1.165, 1.54) is 30.3 Å². The van der Waals surface area contributed by atoms with E-state index in [4.69, 9.17) is 5.73 Å². The van der Waals surface area contributed by atoms with Crippen LogP contribution < -0.4 is 5.73 Å². The van der Waals surface area contributed by atoms with Crippen LogP contribution in [0.15, 0.2) is 40.9 Å². The number of carbonyl (C=O) groups is 1. The molecule has 0 radical (unpaired) electrons. The number of nitrogens with two attached hydrogens (primary N) is 1. The first-order valence-electron chi connectivity index (χ1n) is 5.04. The Morgan fingerprint density at radius 2 is 1.83 bits per heavy atom. The normalized spacial score (nSPS) is 10.4. The highest BCUT2D eigenvalue weighted by Crippen LogP contribution is 2.22. The lowest BCUT2D eigenvalue weighted by Gasteiger charge is -2.05. The molecule has 0 amide bonds. The summed E-state index contributed by atoms with van der Waals surface area (Å²) in [6.07, 6.45) is 0. The van der Waals surface area contributed by atoms with Crippen LogP contribution in [0.25, 0.3) is 0 Å². The van der Waals surface area contributed by atoms with Gasteiger partial charge in [0.2, 0.25) is 0 Å². The monoisotopic (exact) mass is 311 g/mol. The Morgan fingerprint density at radius 3 is 2.44 bits per heavy atom. The standard InChI is InChI=1S/C13H8BrF2NO/c14-10-6-8(15)2-3-9(10)13(18)7-1-4-12(17)11(16)5-7/h1-6H,17H2. The number of rotatable bonds is 2. The van der Waals surface area contributed by atoms with Crippen LogP contribution in [0.1, 0.15) is 15.9 Å². The minimum atomic E-state index is -0.654. The van der Waals surface area contributed by atoms with Gasteiger partial charge in [0.25, 0.3) is 0 Å². The molecule has 0 aliphatic rings. The van der Waals surface area contributed by atoms with E-state index < -0.39 is 17.4 Å². The van der Waals surface area contributed by atoms with Crippen molar-refractivity contribution in [2.24, 2.45) is 0 Å². The van der Waals surface area contributed by atoms with E-state index >= 15 is 0 Å². The van der Waals surface area contributed by atoms with Gasteiger partial charge in [-0.05, 0) is 52.3 Å². The van der Waals surface area contributed by atoms with E-state index in [-0.39, 0.29) is 16.8 Å². The van der Waals surface area contributed by atoms with Gasteiger partial charge in [-0.1, -0.05) is 0 Å². The molecule has 5 heteroatoms. The molecule has 0 fully saturated rings. The third-order valence-corrected chi connectivity index (χ3v) is 3.09. The molecule has 0 saturated heterocycles. The molecule has 0 atom stereocenters. The number of benzene rings is 2. The van der Waals surface area contributed by atoms with E-state index in [9.17, 15) is 13.6 Å². The Hall–Kier alpha value is -1.75. The molecule has 2 rings (SSSR count). The largest absolute Gasteiger partial charge is 0.396 e. The Labute approximate surface area is 111 Å². The summed E-state index contributed by atoms with van der Waals surface area (Å²) in [4.78, 5) is 12.1. The smallest absolute Gasteiger partial charge is 0.194 e. The maximum atomic E-state index is 13.3. The van der Waals surface area contributed by atoms with Gasteiger partial charge in [-0.2, -0.15) is 0 Å². The Balaban J connectivity index is 2.44. The average Bonchev–Trinajstić information content (AvgIpc) is 2.32. The van der Waals surface area contributed by atoms with Crippen molar-refractivity contribution in [3.8, 4) is 0 Å². The quantitative estimate of drug-likeness (QED) is 0.681. The molecule has 0 saturated carbocycles. The van der Waals surface area contributed by atoms with Crippen LogP contribution in [-0.4, -0.2) is 5.78 Å². The molecule has 0 aliphatic heterocycles. The first-order chi connectivity index (χ1) is 8.49. The highest BCUT2D eigenvalue weighted by molar-refractivity contribution is 9.10. The highest BCUT2D eigenvalue weighted by Gasteiger charge is 2.14. The van der Waals surface area contributed by atoms with Gasteiger partial charge in [0.1, 0.15) is 11.6 Å². The fourth-order valence-corrected chi connectivity index (χ4v) is 2.03. The fourth-order valence-electron chi connectivity index (χ4n) is 1.50. The summed E-state index contributed by atoms with van der Waals surface area (Å²) in [6.45, 7) is 0. The predicted molar refractivity (Wildman–Crippen MR) is 68.3 cm³/mol. The van der Waals surface area contributed by atoms with E-state index in [0.29, 0.717) is 4.47 Å². The van der Waals surface area contributed by atoms with E-state index in [2.05, 4.69) is 15.9 Å². The first-order valence-corrected chi connectivity index (χ1v) is 5.83. The molecule has 2 aromatic carbocycles. The van der Waals surface area contributed by atoms with Crippen LogP contribution in [0, 0.1) is 11.6 Å². The molecule has 2 N–H and O–H groups in total. The lowest BCUT2D eigenvalue weighted by Crippen LogP contribution is -2.04. The van der Waals surface area contributed by atoms with Crippen molar-refractivity contribution in [2.75, 3.05) is 5.73 Å². The second kappa shape index (κ2) is 4.86. The molecule has 0 unspecified atom stereocenters. The van der Waals surface area contributed by atoms with Crippen molar-refractivity contribution in [1.82, 2.24) is 0 Å². The molecule has 0 bridgehead atoms. The third kappa shape index (κ3) is 2.41. The molecular weight excluding hydrogens is 304 g/mol. The highest BCUT2D eigenvalue weighted by atomic mass is 79.9. The number of hydrogen-bond donors (Lipinski definition) is 1. The molecule has 92 valence electrons. The third-order valence-electron chi connectivity index (χ3n) is 2.44. The lowest BCUT2D eigenvalue weighted by atomic mass is 10.0. The van der Waals surface area contributed by atoms with Crippen molar-refractivity contribution < 1.29 is 13.6 Å². The van der Waals surface area contributed by atoms with E-state index in [1.807, 2.05) is 0 Å². The topological polar surface area (TPSA) is 43.1 Å². The molecule has 0 spiro atoms. The summed E-state index contributed by atoms with van der Waals surface area (Å²) in [5.74, 6) is -1.51. The predicted octanol–water partition coefficient (Wildman–Crippen LogP) is 3.54. The summed E-state index contributed by atoms with van der Waals surface area (Å²) in [7, 11) is 0. The van der Waals surface area contributed by atoms with Gasteiger partial charge in [-0.3, -0.25) is 4.79 Å². The first kappa shape index (κ1) is 12.7. The average molecular weight is 312 g/mol. The minimum absolute atomic E-state index is 0.0234. The van der Waals surface area contributed by atoms with Crippen LogP contribution in [0.5, 0.6) is 0 Å². The van der Waals surface area contributed by atoms with Crippen LogP contribution >= 0.6 is 15.9 Å². The molecule has 18 heavy (non-hydrogen) atoms. The zero-order chi connectivity index (χ0) is 13.3. The van der Waals surface area contributed by atoms with Crippen LogP contribution in [0.4, 0.5) is 14.5 Å². The SMILES string of the molecule is Nc1ccc(C(=O)c2ccc(F)cc2Br)cc1F. The second-order valence-corrected chi connectivity index (χ2v) is 4.54. The zero-order valence-electron chi connectivity index (χ0n) is 9.08. The van der Waals surface area contributed by atoms with Crippen molar-refractivity contribution in [2.45, 2.75) is 0 Å². The number of carbonyl (C=O) groups excluding carboxylic acids is 1. The number of ketones is 1. The van der Waals surface area contributed by atoms with Crippen molar-refractivity contribution in [1.29, 1.82) is 0 Å². The molecular formula is C13H8BrF2NO. The Bertz CT molecular complexity index is 628. The summed E-state index contributed by atoms with van der Waals surface area (Å²) >= 11 is 3.10. The number of nitrogen functional groups attached to an aromatic ring is 1. The van der Waals surface area contributed by atoms with Crippen molar-refractivity contribution in [3.05, 3.63) is 63.6 Å². The van der Waals surface area contributed by atoms with Gasteiger partial charge in [0, 0.05) is 15.6 Å². The molecule has 0 aliphatic carbocycles. The molecule has 0 aromatic heterocycles. The lowest BCUT2D eigenvalue weighted by molar-refractivity contribution is 0.103. The van der Waals surface area contributed by atoms with E-state index in [0.717, 1.165) is 6.07 Å². The van der Waals surface area contributed by atoms with Crippen molar-refractivity contribution in [3.63, 3.8) is 0 Å². The number of hydrogen-bond acceptors (Lipinski definition) is 2. The van der Waals surface area contributed by atoms with Gasteiger partial charge in [-0.15, -0.1) is 0 Å². The minimum Gasteiger partial charge on any atom is -0.396 e. The fraction of sp³-hybridized carbons (Fsp3) is 0. The van der Waals surface area contributed by atoms with Crippen molar-refractivity contribution >= 4 is 27.4 Å². The second-order valence-electron chi connectivity index (χ2n) is 3.69. The van der Waals surface area contributed by atoms with Crippen LogP contribution in [-0.2, 0) is 0 Å². The van der Waals surface area contributed by atoms with Gasteiger partial charge in [0.05, 0.1) is 5.69 Å².